The van der Waals surface area contributed by atoms with Crippen LogP contribution in [-0.4, -0.2) is 24.4 Å². The van der Waals surface area contributed by atoms with Crippen LogP contribution in [0, 0.1) is 6.92 Å². The van der Waals surface area contributed by atoms with Crippen molar-refractivity contribution in [3.05, 3.63) is 23.8 Å². The summed E-state index contributed by atoms with van der Waals surface area (Å²) in [5.74, 6) is 1.47. The smallest absolute Gasteiger partial charge is 0.164 e. The van der Waals surface area contributed by atoms with Crippen molar-refractivity contribution < 1.29 is 14.6 Å². The van der Waals surface area contributed by atoms with E-state index in [1.54, 1.807) is 0 Å². The Kier molecular flexibility index (Phi) is 2.10. The zero-order valence-corrected chi connectivity index (χ0v) is 7.49. The van der Waals surface area contributed by atoms with Gasteiger partial charge in [0.15, 0.2) is 11.5 Å². The first-order chi connectivity index (χ1) is 6.27. The van der Waals surface area contributed by atoms with Gasteiger partial charge in [-0.1, -0.05) is 12.1 Å². The molecule has 0 radical (unpaired) electrons. The zero-order valence-electron chi connectivity index (χ0n) is 7.49. The third kappa shape index (κ3) is 1.60. The zero-order chi connectivity index (χ0) is 9.26. The fourth-order valence-electron chi connectivity index (χ4n) is 1.34. The highest BCUT2D eigenvalue weighted by Crippen LogP contribution is 2.32. The van der Waals surface area contributed by atoms with Crippen molar-refractivity contribution in [2.24, 2.45) is 0 Å². The van der Waals surface area contributed by atoms with Crippen molar-refractivity contribution in [2.45, 2.75) is 13.0 Å². The predicted molar refractivity (Wildman–Crippen MR) is 48.2 cm³/mol. The van der Waals surface area contributed by atoms with Crippen molar-refractivity contribution >= 4 is 0 Å². The van der Waals surface area contributed by atoms with E-state index >= 15 is 0 Å². The summed E-state index contributed by atoms with van der Waals surface area (Å²) in [6.07, 6.45) is -0.535. The standard InChI is InChI=1S/C10H12O3/c1-7-3-2-4-9-10(7)13-6-8(11)5-12-9/h2-4,8,11H,5-6H2,1H3. The Morgan fingerprint density at radius 3 is 2.92 bits per heavy atom. The van der Waals surface area contributed by atoms with Crippen LogP contribution in [0.2, 0.25) is 0 Å². The highest BCUT2D eigenvalue weighted by Gasteiger charge is 2.16. The van der Waals surface area contributed by atoms with Gasteiger partial charge in [0.25, 0.3) is 0 Å². The average molecular weight is 180 g/mol. The number of hydrogen-bond donors (Lipinski definition) is 1. The van der Waals surface area contributed by atoms with Crippen molar-refractivity contribution in [3.8, 4) is 11.5 Å². The fraction of sp³-hybridized carbons (Fsp3) is 0.400. The SMILES string of the molecule is Cc1cccc2c1OCC(O)CO2. The molecular weight excluding hydrogens is 168 g/mol. The van der Waals surface area contributed by atoms with Crippen LogP contribution in [0.4, 0.5) is 0 Å². The van der Waals surface area contributed by atoms with Gasteiger partial charge in [0.05, 0.1) is 0 Å². The number of hydrogen-bond acceptors (Lipinski definition) is 3. The van der Waals surface area contributed by atoms with E-state index in [1.807, 2.05) is 25.1 Å². The molecule has 0 amide bonds. The maximum Gasteiger partial charge on any atom is 0.164 e. The lowest BCUT2D eigenvalue weighted by Gasteiger charge is -2.08. The molecule has 0 fully saturated rings. The van der Waals surface area contributed by atoms with E-state index in [0.717, 1.165) is 17.1 Å². The van der Waals surface area contributed by atoms with Crippen LogP contribution in [-0.2, 0) is 0 Å². The fourth-order valence-corrected chi connectivity index (χ4v) is 1.34. The number of para-hydroxylation sites is 1. The maximum atomic E-state index is 9.30. The molecule has 1 aliphatic rings. The Hall–Kier alpha value is -1.22. The van der Waals surface area contributed by atoms with Gasteiger partial charge in [-0.05, 0) is 18.6 Å². The molecule has 1 aromatic rings. The molecule has 0 bridgehead atoms. The van der Waals surface area contributed by atoms with Gasteiger partial charge in [-0.3, -0.25) is 0 Å². The molecule has 1 heterocycles. The maximum absolute atomic E-state index is 9.30. The van der Waals surface area contributed by atoms with E-state index in [2.05, 4.69) is 0 Å². The molecule has 0 saturated carbocycles. The number of rotatable bonds is 0. The van der Waals surface area contributed by atoms with Gasteiger partial charge in [0, 0.05) is 0 Å². The molecule has 13 heavy (non-hydrogen) atoms. The summed E-state index contributed by atoms with van der Waals surface area (Å²) in [5.41, 5.74) is 1.03. The first-order valence-corrected chi connectivity index (χ1v) is 4.30. The van der Waals surface area contributed by atoms with Crippen LogP contribution >= 0.6 is 0 Å². The summed E-state index contributed by atoms with van der Waals surface area (Å²) < 4.78 is 10.8. The van der Waals surface area contributed by atoms with Crippen LogP contribution < -0.4 is 9.47 Å². The van der Waals surface area contributed by atoms with Gasteiger partial charge >= 0.3 is 0 Å². The molecule has 1 aromatic carbocycles. The second-order valence-corrected chi connectivity index (χ2v) is 3.18. The summed E-state index contributed by atoms with van der Waals surface area (Å²) in [5, 5.41) is 9.30. The average Bonchev–Trinajstić information content (AvgIpc) is 2.30. The molecule has 0 saturated heterocycles. The third-order valence-corrected chi connectivity index (χ3v) is 2.03. The molecule has 1 atom stereocenters. The second-order valence-electron chi connectivity index (χ2n) is 3.18. The lowest BCUT2D eigenvalue weighted by molar-refractivity contribution is 0.0800. The quantitative estimate of drug-likeness (QED) is 0.650. The van der Waals surface area contributed by atoms with Gasteiger partial charge in [0.2, 0.25) is 0 Å². The number of aryl methyl sites for hydroxylation is 1. The van der Waals surface area contributed by atoms with Crippen LogP contribution in [0.3, 0.4) is 0 Å². The first-order valence-electron chi connectivity index (χ1n) is 4.30. The molecule has 1 unspecified atom stereocenters. The van der Waals surface area contributed by atoms with Gasteiger partial charge in [0.1, 0.15) is 19.3 Å². The van der Waals surface area contributed by atoms with Crippen molar-refractivity contribution in [3.63, 3.8) is 0 Å². The van der Waals surface area contributed by atoms with Gasteiger partial charge < -0.3 is 14.6 Å². The Labute approximate surface area is 76.9 Å². The predicted octanol–water partition coefficient (Wildman–Crippen LogP) is 1.13. The van der Waals surface area contributed by atoms with Crippen LogP contribution in [0.1, 0.15) is 5.56 Å². The van der Waals surface area contributed by atoms with Crippen LogP contribution in [0.25, 0.3) is 0 Å². The first kappa shape index (κ1) is 8.38. The van der Waals surface area contributed by atoms with E-state index in [9.17, 15) is 5.11 Å². The molecule has 0 aliphatic carbocycles. The van der Waals surface area contributed by atoms with Crippen molar-refractivity contribution in [2.75, 3.05) is 13.2 Å². The minimum absolute atomic E-state index is 0.302. The van der Waals surface area contributed by atoms with Crippen molar-refractivity contribution in [1.82, 2.24) is 0 Å². The summed E-state index contributed by atoms with van der Waals surface area (Å²) in [4.78, 5) is 0. The third-order valence-electron chi connectivity index (χ3n) is 2.03. The van der Waals surface area contributed by atoms with E-state index in [1.165, 1.54) is 0 Å². The van der Waals surface area contributed by atoms with E-state index in [0.29, 0.717) is 13.2 Å². The molecule has 1 aliphatic heterocycles. The minimum atomic E-state index is -0.535. The lowest BCUT2D eigenvalue weighted by Crippen LogP contribution is -2.22. The van der Waals surface area contributed by atoms with E-state index in [-0.39, 0.29) is 0 Å². The Bertz CT molecular complexity index is 309. The number of ether oxygens (including phenoxy) is 2. The van der Waals surface area contributed by atoms with E-state index in [4.69, 9.17) is 9.47 Å². The van der Waals surface area contributed by atoms with Gasteiger partial charge in [-0.15, -0.1) is 0 Å². The highest BCUT2D eigenvalue weighted by atomic mass is 16.5. The van der Waals surface area contributed by atoms with E-state index < -0.39 is 6.10 Å². The molecule has 1 N–H and O–H groups in total. The van der Waals surface area contributed by atoms with Crippen LogP contribution in [0.5, 0.6) is 11.5 Å². The summed E-state index contributed by atoms with van der Waals surface area (Å²) >= 11 is 0. The van der Waals surface area contributed by atoms with Gasteiger partial charge in [-0.2, -0.15) is 0 Å². The minimum Gasteiger partial charge on any atom is -0.487 e. The molecule has 2 rings (SSSR count). The topological polar surface area (TPSA) is 38.7 Å². The van der Waals surface area contributed by atoms with Crippen molar-refractivity contribution in [1.29, 1.82) is 0 Å². The monoisotopic (exact) mass is 180 g/mol. The lowest BCUT2D eigenvalue weighted by atomic mass is 10.2. The Morgan fingerprint density at radius 1 is 1.31 bits per heavy atom. The molecule has 3 heteroatoms. The Morgan fingerprint density at radius 2 is 2.08 bits per heavy atom. The number of aliphatic hydroxyl groups excluding tert-OH is 1. The number of benzene rings is 1. The molecule has 70 valence electrons. The molecule has 3 nitrogen and oxygen atoms in total. The second kappa shape index (κ2) is 3.26. The normalized spacial score (nSPS) is 20.9. The summed E-state index contributed by atoms with van der Waals surface area (Å²) in [6.45, 7) is 2.56. The molecule has 0 spiro atoms. The number of aliphatic hydroxyl groups is 1. The largest absolute Gasteiger partial charge is 0.487 e. The van der Waals surface area contributed by atoms with Gasteiger partial charge in [-0.25, -0.2) is 0 Å². The van der Waals surface area contributed by atoms with Crippen LogP contribution in [0.15, 0.2) is 18.2 Å². The summed E-state index contributed by atoms with van der Waals surface area (Å²) in [7, 11) is 0. The number of fused-ring (bicyclic) bond motifs is 1. The highest BCUT2D eigenvalue weighted by molar-refractivity contribution is 5.46. The molecule has 0 aromatic heterocycles. The summed E-state index contributed by atoms with van der Waals surface area (Å²) in [6, 6.07) is 5.72. The molecular formula is C10H12O3. The Balaban J connectivity index is 2.35.